The molecule has 3 N–H and O–H groups in total. The predicted molar refractivity (Wildman–Crippen MR) is 203 cm³/mol. The standard InChI is InChI=1S/C40H47N4O6P/c45-38(46)29-42-22-20-41(21-23-43(30-39(47)48)25-27-44(26-24-42)31-40(49)50)28-33-16-18-34(19-17-33)32-51(35-10-4-1-5-11-35,36-12-6-2-7-13-36)37-14-8-3-9-15-37/h1-19H,20-32H2,(H2-,45,46,47,48,49,50)/p+1. The van der Waals surface area contributed by atoms with Gasteiger partial charge in [-0.15, -0.1) is 0 Å². The van der Waals surface area contributed by atoms with Crippen molar-refractivity contribution >= 4 is 41.1 Å². The largest absolute Gasteiger partial charge is 0.480 e. The number of carboxylic acids is 3. The monoisotopic (exact) mass is 711 g/mol. The van der Waals surface area contributed by atoms with Gasteiger partial charge in [0.05, 0.1) is 25.8 Å². The quantitative estimate of drug-likeness (QED) is 0.178. The first-order valence-corrected chi connectivity index (χ1v) is 19.4. The molecule has 0 radical (unpaired) electrons. The van der Waals surface area contributed by atoms with Gasteiger partial charge >= 0.3 is 17.9 Å². The molecule has 1 heterocycles. The second-order valence-corrected chi connectivity index (χ2v) is 16.6. The summed E-state index contributed by atoms with van der Waals surface area (Å²) in [6, 6.07) is 41.3. The van der Waals surface area contributed by atoms with Crippen molar-refractivity contribution in [3.63, 3.8) is 0 Å². The van der Waals surface area contributed by atoms with E-state index in [2.05, 4.69) is 120 Å². The molecule has 268 valence electrons. The summed E-state index contributed by atoms with van der Waals surface area (Å²) < 4.78 is 0. The molecule has 0 aliphatic carbocycles. The minimum Gasteiger partial charge on any atom is -0.480 e. The second kappa shape index (κ2) is 18.7. The molecule has 0 bridgehead atoms. The van der Waals surface area contributed by atoms with Crippen LogP contribution in [0, 0.1) is 0 Å². The Morgan fingerprint density at radius 1 is 0.431 bits per heavy atom. The lowest BCUT2D eigenvalue weighted by molar-refractivity contribution is -0.140. The van der Waals surface area contributed by atoms with Crippen LogP contribution < -0.4 is 15.9 Å². The van der Waals surface area contributed by atoms with Gasteiger partial charge in [0.1, 0.15) is 23.2 Å². The van der Waals surface area contributed by atoms with Crippen molar-refractivity contribution < 1.29 is 29.7 Å². The van der Waals surface area contributed by atoms with E-state index in [0.717, 1.165) is 11.7 Å². The maximum absolute atomic E-state index is 11.7. The topological polar surface area (TPSA) is 125 Å². The Labute approximate surface area is 300 Å². The third-order valence-electron chi connectivity index (χ3n) is 9.45. The van der Waals surface area contributed by atoms with Gasteiger partial charge in [-0.2, -0.15) is 0 Å². The van der Waals surface area contributed by atoms with Gasteiger partial charge in [0.15, 0.2) is 0 Å². The number of carbonyl (C=O) groups is 3. The minimum atomic E-state index is -2.06. The van der Waals surface area contributed by atoms with Gasteiger partial charge in [-0.05, 0) is 47.5 Å². The molecule has 5 rings (SSSR count). The highest BCUT2D eigenvalue weighted by molar-refractivity contribution is 7.95. The number of hydrogen-bond donors (Lipinski definition) is 3. The molecule has 51 heavy (non-hydrogen) atoms. The second-order valence-electron chi connectivity index (χ2n) is 13.1. The summed E-state index contributed by atoms with van der Waals surface area (Å²) in [6.45, 7) is 3.87. The van der Waals surface area contributed by atoms with E-state index in [1.54, 1.807) is 4.90 Å². The summed E-state index contributed by atoms with van der Waals surface area (Å²) in [4.78, 5) is 42.6. The van der Waals surface area contributed by atoms with E-state index in [1.807, 2.05) is 9.80 Å². The molecule has 1 saturated heterocycles. The van der Waals surface area contributed by atoms with E-state index < -0.39 is 25.2 Å². The normalized spacial score (nSPS) is 16.2. The van der Waals surface area contributed by atoms with E-state index in [4.69, 9.17) is 0 Å². The third kappa shape index (κ3) is 11.0. The molecule has 1 aliphatic rings. The van der Waals surface area contributed by atoms with Crippen molar-refractivity contribution in [3.05, 3.63) is 126 Å². The van der Waals surface area contributed by atoms with Gasteiger partial charge in [-0.1, -0.05) is 78.9 Å². The van der Waals surface area contributed by atoms with Crippen LogP contribution in [0.15, 0.2) is 115 Å². The molecule has 4 aromatic rings. The molecule has 1 aliphatic heterocycles. The zero-order valence-electron chi connectivity index (χ0n) is 29.0. The molecule has 0 unspecified atom stereocenters. The van der Waals surface area contributed by atoms with Crippen LogP contribution in [0.2, 0.25) is 0 Å². The lowest BCUT2D eigenvalue weighted by Gasteiger charge is -2.33. The molecule has 0 amide bonds. The maximum atomic E-state index is 11.7. The highest BCUT2D eigenvalue weighted by Gasteiger charge is 2.45. The minimum absolute atomic E-state index is 0.135. The highest BCUT2D eigenvalue weighted by Crippen LogP contribution is 2.58. The van der Waals surface area contributed by atoms with E-state index in [-0.39, 0.29) is 19.6 Å². The Morgan fingerprint density at radius 2 is 0.725 bits per heavy atom. The molecule has 4 aromatic carbocycles. The highest BCUT2D eigenvalue weighted by atomic mass is 31.2. The number of benzene rings is 4. The number of hydrogen-bond acceptors (Lipinski definition) is 7. The molecule has 11 heteroatoms. The number of carboxylic acid groups (broad SMARTS) is 3. The zero-order valence-corrected chi connectivity index (χ0v) is 29.9. The van der Waals surface area contributed by atoms with Crippen LogP contribution in [-0.2, 0) is 27.1 Å². The Morgan fingerprint density at radius 3 is 1.04 bits per heavy atom. The molecule has 0 spiro atoms. The van der Waals surface area contributed by atoms with Crippen molar-refractivity contribution in [2.24, 2.45) is 0 Å². The number of rotatable bonds is 13. The first-order valence-electron chi connectivity index (χ1n) is 17.4. The van der Waals surface area contributed by atoms with Crippen LogP contribution >= 0.6 is 7.26 Å². The van der Waals surface area contributed by atoms with Gasteiger partial charge in [0, 0.05) is 58.9 Å². The fourth-order valence-electron chi connectivity index (χ4n) is 6.84. The van der Waals surface area contributed by atoms with Crippen LogP contribution in [0.4, 0.5) is 0 Å². The molecule has 10 nitrogen and oxygen atoms in total. The van der Waals surface area contributed by atoms with E-state index in [9.17, 15) is 29.7 Å². The molecule has 0 atom stereocenters. The first-order chi connectivity index (χ1) is 24.7. The summed E-state index contributed by atoms with van der Waals surface area (Å²) in [5.74, 6) is -2.83. The van der Waals surface area contributed by atoms with Crippen LogP contribution in [0.1, 0.15) is 11.1 Å². The van der Waals surface area contributed by atoms with Gasteiger partial charge < -0.3 is 15.3 Å². The molecular weight excluding hydrogens is 663 g/mol. The fraction of sp³-hybridized carbons (Fsp3) is 0.325. The summed E-state index contributed by atoms with van der Waals surface area (Å²) in [7, 11) is -2.06. The maximum Gasteiger partial charge on any atom is 0.317 e. The van der Waals surface area contributed by atoms with E-state index >= 15 is 0 Å². The van der Waals surface area contributed by atoms with Gasteiger partial charge in [-0.25, -0.2) is 0 Å². The van der Waals surface area contributed by atoms with E-state index in [1.165, 1.54) is 21.5 Å². The number of nitrogens with zero attached hydrogens (tertiary/aromatic N) is 4. The van der Waals surface area contributed by atoms with Gasteiger partial charge in [0.25, 0.3) is 0 Å². The Bertz CT molecular complexity index is 1570. The molecule has 0 saturated carbocycles. The SMILES string of the molecule is O=C(O)CN1CCN(CC(=O)O)CCN(Cc2ccc(C[P+](c3ccccc3)(c3ccccc3)c3ccccc3)cc2)CCN(CC(=O)O)CC1. The summed E-state index contributed by atoms with van der Waals surface area (Å²) in [5.41, 5.74) is 2.36. The average molecular weight is 712 g/mol. The van der Waals surface area contributed by atoms with Crippen molar-refractivity contribution in [3.8, 4) is 0 Å². The zero-order chi connectivity index (χ0) is 36.1. The first kappa shape index (κ1) is 37.8. The van der Waals surface area contributed by atoms with Crippen LogP contribution in [0.25, 0.3) is 0 Å². The lowest BCUT2D eigenvalue weighted by atomic mass is 10.1. The van der Waals surface area contributed by atoms with Crippen LogP contribution in [-0.4, -0.2) is 125 Å². The summed E-state index contributed by atoms with van der Waals surface area (Å²) >= 11 is 0. The molecule has 1 fully saturated rings. The third-order valence-corrected chi connectivity index (χ3v) is 13.8. The predicted octanol–water partition coefficient (Wildman–Crippen LogP) is 3.16. The summed E-state index contributed by atoms with van der Waals surface area (Å²) in [6.07, 6.45) is 0.863. The summed E-state index contributed by atoms with van der Waals surface area (Å²) in [5, 5.41) is 32.6. The van der Waals surface area contributed by atoms with Crippen LogP contribution in [0.5, 0.6) is 0 Å². The lowest BCUT2D eigenvalue weighted by Crippen LogP contribution is -2.48. The number of aliphatic carboxylic acids is 3. The van der Waals surface area contributed by atoms with Gasteiger partial charge in [-0.3, -0.25) is 34.0 Å². The van der Waals surface area contributed by atoms with Gasteiger partial charge in [0.2, 0.25) is 0 Å². The van der Waals surface area contributed by atoms with Crippen molar-refractivity contribution in [1.29, 1.82) is 0 Å². The Kier molecular flexibility index (Phi) is 13.9. The fourth-order valence-corrected chi connectivity index (χ4v) is 11.1. The Balaban J connectivity index is 1.38. The Hall–Kier alpha value is -4.44. The molecule has 0 aromatic heterocycles. The average Bonchev–Trinajstić information content (AvgIpc) is 3.13. The van der Waals surface area contributed by atoms with Crippen molar-refractivity contribution in [1.82, 2.24) is 19.6 Å². The van der Waals surface area contributed by atoms with Crippen LogP contribution in [0.3, 0.4) is 0 Å². The van der Waals surface area contributed by atoms with E-state index in [0.29, 0.717) is 58.9 Å². The van der Waals surface area contributed by atoms with Crippen molar-refractivity contribution in [2.75, 3.05) is 72.0 Å². The smallest absolute Gasteiger partial charge is 0.317 e. The molecular formula is C40H48N4O6P+. The van der Waals surface area contributed by atoms with Crippen molar-refractivity contribution in [2.45, 2.75) is 12.7 Å².